The summed E-state index contributed by atoms with van der Waals surface area (Å²) in [5.41, 5.74) is -0.0134. The fourth-order valence-corrected chi connectivity index (χ4v) is 2.68. The lowest BCUT2D eigenvalue weighted by Crippen LogP contribution is -2.33. The lowest BCUT2D eigenvalue weighted by atomic mass is 9.96. The molecule has 1 saturated heterocycles. The second-order valence-corrected chi connectivity index (χ2v) is 5.63. The van der Waals surface area contributed by atoms with E-state index in [1.165, 1.54) is 29.2 Å². The largest absolute Gasteiger partial charge is 0.481 e. The van der Waals surface area contributed by atoms with Crippen molar-refractivity contribution in [2.75, 3.05) is 25.0 Å². The quantitative estimate of drug-likeness (QED) is 0.802. The summed E-state index contributed by atoms with van der Waals surface area (Å²) in [7, 11) is 0. The molecule has 0 aliphatic carbocycles. The van der Waals surface area contributed by atoms with E-state index >= 15 is 0 Å². The van der Waals surface area contributed by atoms with E-state index < -0.39 is 42.3 Å². The number of hydrogen-bond donors (Lipinski definition) is 2. The Labute approximate surface area is 135 Å². The molecule has 2 atom stereocenters. The highest BCUT2D eigenvalue weighted by atomic mass is 19.4. The van der Waals surface area contributed by atoms with Crippen molar-refractivity contribution < 1.29 is 32.3 Å². The third kappa shape index (κ3) is 4.44. The minimum absolute atomic E-state index is 0.0134. The van der Waals surface area contributed by atoms with Gasteiger partial charge in [0.15, 0.2) is 0 Å². The Morgan fingerprint density at radius 2 is 1.92 bits per heavy atom. The Balaban J connectivity index is 1.89. The first kappa shape index (κ1) is 18.2. The molecular weight excluding hydrogens is 332 g/mol. The number of carboxylic acids is 1. The predicted octanol–water partition coefficient (Wildman–Crippen LogP) is 2.35. The Morgan fingerprint density at radius 3 is 2.46 bits per heavy atom. The van der Waals surface area contributed by atoms with Crippen LogP contribution in [0.15, 0.2) is 24.3 Å². The number of hydrogen-bond acceptors (Lipinski definition) is 3. The van der Waals surface area contributed by atoms with E-state index in [1.54, 1.807) is 0 Å². The Bertz CT molecular complexity index is 621. The number of carboxylic acid groups (broad SMARTS) is 1. The SMILES string of the molecule is O=C(CCN1C[C@@H](C(F)(F)F)[C@H](C(=O)O)C1)Nc1ccccc1F. The van der Waals surface area contributed by atoms with Gasteiger partial charge in [0.1, 0.15) is 5.82 Å². The van der Waals surface area contributed by atoms with Gasteiger partial charge in [0.25, 0.3) is 0 Å². The normalized spacial score (nSPS) is 21.7. The molecule has 1 aliphatic heterocycles. The fourth-order valence-electron chi connectivity index (χ4n) is 2.68. The molecule has 132 valence electrons. The van der Waals surface area contributed by atoms with E-state index in [9.17, 15) is 27.2 Å². The van der Waals surface area contributed by atoms with E-state index in [-0.39, 0.29) is 25.2 Å². The van der Waals surface area contributed by atoms with E-state index in [2.05, 4.69) is 5.32 Å². The van der Waals surface area contributed by atoms with Crippen LogP contribution in [0.5, 0.6) is 0 Å². The van der Waals surface area contributed by atoms with Gasteiger partial charge in [-0.2, -0.15) is 13.2 Å². The van der Waals surface area contributed by atoms with Crippen molar-refractivity contribution in [2.24, 2.45) is 11.8 Å². The molecule has 1 aromatic rings. The molecule has 1 heterocycles. The maximum absolute atomic E-state index is 13.4. The summed E-state index contributed by atoms with van der Waals surface area (Å²) in [6.07, 6.45) is -4.77. The number of nitrogens with zero attached hydrogens (tertiary/aromatic N) is 1. The number of likely N-dealkylation sites (tertiary alicyclic amines) is 1. The van der Waals surface area contributed by atoms with Crippen LogP contribution in [-0.2, 0) is 9.59 Å². The average Bonchev–Trinajstić information content (AvgIpc) is 2.92. The monoisotopic (exact) mass is 348 g/mol. The first-order valence-electron chi connectivity index (χ1n) is 7.24. The minimum atomic E-state index is -4.60. The zero-order chi connectivity index (χ0) is 17.9. The van der Waals surface area contributed by atoms with Crippen molar-refractivity contribution >= 4 is 17.6 Å². The van der Waals surface area contributed by atoms with Crippen LogP contribution in [0, 0.1) is 17.7 Å². The fraction of sp³-hybridized carbons (Fsp3) is 0.467. The molecule has 0 aromatic heterocycles. The number of amides is 1. The van der Waals surface area contributed by atoms with E-state index in [4.69, 9.17) is 5.11 Å². The minimum Gasteiger partial charge on any atom is -0.481 e. The van der Waals surface area contributed by atoms with Crippen LogP contribution in [-0.4, -0.2) is 47.7 Å². The highest BCUT2D eigenvalue weighted by Gasteiger charge is 2.52. The third-order valence-corrected chi connectivity index (χ3v) is 3.94. The van der Waals surface area contributed by atoms with Crippen LogP contribution in [0.4, 0.5) is 23.2 Å². The molecule has 1 amide bonds. The van der Waals surface area contributed by atoms with Crippen molar-refractivity contribution in [3.05, 3.63) is 30.1 Å². The smallest absolute Gasteiger partial charge is 0.393 e. The van der Waals surface area contributed by atoms with Gasteiger partial charge >= 0.3 is 12.1 Å². The molecule has 9 heteroatoms. The van der Waals surface area contributed by atoms with Gasteiger partial charge in [-0.05, 0) is 12.1 Å². The number of benzene rings is 1. The number of halogens is 4. The Hall–Kier alpha value is -2.16. The van der Waals surface area contributed by atoms with Crippen LogP contribution in [0.25, 0.3) is 0 Å². The summed E-state index contributed by atoms with van der Waals surface area (Å²) in [4.78, 5) is 24.0. The number of rotatable bonds is 5. The molecule has 0 bridgehead atoms. The lowest BCUT2D eigenvalue weighted by Gasteiger charge is -2.18. The van der Waals surface area contributed by atoms with Gasteiger partial charge in [-0.1, -0.05) is 12.1 Å². The molecule has 0 spiro atoms. The van der Waals surface area contributed by atoms with E-state index in [0.717, 1.165) is 0 Å². The van der Waals surface area contributed by atoms with Crippen LogP contribution >= 0.6 is 0 Å². The van der Waals surface area contributed by atoms with Gasteiger partial charge in [-0.15, -0.1) is 0 Å². The molecule has 1 fully saturated rings. The summed E-state index contributed by atoms with van der Waals surface area (Å²) < 4.78 is 52.0. The van der Waals surface area contributed by atoms with Crippen LogP contribution in [0.2, 0.25) is 0 Å². The van der Waals surface area contributed by atoms with Crippen LogP contribution in [0.1, 0.15) is 6.42 Å². The highest BCUT2D eigenvalue weighted by Crippen LogP contribution is 2.37. The van der Waals surface area contributed by atoms with Crippen molar-refractivity contribution in [3.63, 3.8) is 0 Å². The van der Waals surface area contributed by atoms with Gasteiger partial charge in [-0.25, -0.2) is 4.39 Å². The molecule has 0 unspecified atom stereocenters. The molecule has 24 heavy (non-hydrogen) atoms. The number of nitrogens with one attached hydrogen (secondary N) is 1. The van der Waals surface area contributed by atoms with E-state index in [1.807, 2.05) is 0 Å². The maximum Gasteiger partial charge on any atom is 0.393 e. The average molecular weight is 348 g/mol. The van der Waals surface area contributed by atoms with Gasteiger partial charge in [0, 0.05) is 26.1 Å². The summed E-state index contributed by atoms with van der Waals surface area (Å²) in [5.74, 6) is -6.17. The molecular formula is C15H16F4N2O3. The molecule has 0 radical (unpaired) electrons. The van der Waals surface area contributed by atoms with E-state index in [0.29, 0.717) is 0 Å². The summed E-state index contributed by atoms with van der Waals surface area (Å²) >= 11 is 0. The van der Waals surface area contributed by atoms with Gasteiger partial charge in [-0.3, -0.25) is 9.59 Å². The second-order valence-electron chi connectivity index (χ2n) is 5.63. The number of alkyl halides is 3. The highest BCUT2D eigenvalue weighted by molar-refractivity contribution is 5.90. The van der Waals surface area contributed by atoms with Crippen molar-refractivity contribution in [3.8, 4) is 0 Å². The van der Waals surface area contributed by atoms with Crippen molar-refractivity contribution in [1.82, 2.24) is 4.90 Å². The second kappa shape index (κ2) is 7.16. The molecule has 2 rings (SSSR count). The summed E-state index contributed by atoms with van der Waals surface area (Å²) in [5, 5.41) is 11.3. The van der Waals surface area contributed by atoms with Gasteiger partial charge < -0.3 is 15.3 Å². The molecule has 1 aromatic carbocycles. The number of carbonyl (C=O) groups excluding carboxylic acids is 1. The van der Waals surface area contributed by atoms with Crippen LogP contribution in [0.3, 0.4) is 0 Å². The van der Waals surface area contributed by atoms with Crippen molar-refractivity contribution in [1.29, 1.82) is 0 Å². The predicted molar refractivity (Wildman–Crippen MR) is 76.8 cm³/mol. The summed E-state index contributed by atoms with van der Waals surface area (Å²) in [6.45, 7) is -0.767. The number of para-hydroxylation sites is 1. The van der Waals surface area contributed by atoms with Gasteiger partial charge in [0.2, 0.25) is 5.91 Å². The van der Waals surface area contributed by atoms with Crippen molar-refractivity contribution in [2.45, 2.75) is 12.6 Å². The zero-order valence-corrected chi connectivity index (χ0v) is 12.5. The lowest BCUT2D eigenvalue weighted by molar-refractivity contribution is -0.188. The first-order valence-corrected chi connectivity index (χ1v) is 7.24. The molecule has 0 saturated carbocycles. The summed E-state index contributed by atoms with van der Waals surface area (Å²) in [6, 6.07) is 5.52. The topological polar surface area (TPSA) is 69.6 Å². The number of anilines is 1. The third-order valence-electron chi connectivity index (χ3n) is 3.94. The zero-order valence-electron chi connectivity index (χ0n) is 12.5. The van der Waals surface area contributed by atoms with Gasteiger partial charge in [0.05, 0.1) is 17.5 Å². The number of aliphatic carboxylic acids is 1. The standard InChI is InChI=1S/C15H16F4N2O3/c16-11-3-1-2-4-12(11)20-13(22)5-6-21-7-9(14(23)24)10(8-21)15(17,18)19/h1-4,9-10H,5-8H2,(H,20,22)(H,23,24)/t9-,10-/m1/s1. The first-order chi connectivity index (χ1) is 11.2. The maximum atomic E-state index is 13.4. The van der Waals surface area contributed by atoms with Crippen LogP contribution < -0.4 is 5.32 Å². The number of carbonyl (C=O) groups is 2. The molecule has 2 N–H and O–H groups in total. The molecule has 1 aliphatic rings. The Kier molecular flexibility index (Phi) is 5.43. The Morgan fingerprint density at radius 1 is 1.25 bits per heavy atom. The molecule has 5 nitrogen and oxygen atoms in total.